The van der Waals surface area contributed by atoms with Crippen molar-refractivity contribution in [3.8, 4) is 0 Å². The van der Waals surface area contributed by atoms with Gasteiger partial charge in [-0.3, -0.25) is 9.89 Å². The van der Waals surface area contributed by atoms with Gasteiger partial charge in [-0.05, 0) is 63.8 Å². The molecule has 0 aromatic heterocycles. The van der Waals surface area contributed by atoms with E-state index in [2.05, 4.69) is 51.3 Å². The number of nitrogens with two attached hydrogens (primary N) is 1. The van der Waals surface area contributed by atoms with Gasteiger partial charge in [0.05, 0.1) is 6.61 Å². The molecule has 0 atom stereocenters. The standard InChI is InChI=1S/C24H40N6O2.HI/c1-3-32-24(31)30-13-9-21(10-14-30)27-23(25)26-11-4-5-12-28-15-17-29(18-16-28)22-8-6-7-20(2)19-22;/h6-8,19,21H,3-5,9-18H2,1-2H3,(H3,25,26,27);1H. The predicted molar refractivity (Wildman–Crippen MR) is 146 cm³/mol. The summed E-state index contributed by atoms with van der Waals surface area (Å²) < 4.78 is 5.06. The number of ether oxygens (including phenoxy) is 1. The number of piperazine rings is 1. The number of unbranched alkanes of at least 4 members (excludes halogenated alkanes) is 1. The Morgan fingerprint density at radius 3 is 2.55 bits per heavy atom. The minimum Gasteiger partial charge on any atom is -0.450 e. The fraction of sp³-hybridized carbons (Fsp3) is 0.667. The molecule has 33 heavy (non-hydrogen) atoms. The minimum absolute atomic E-state index is 0. The van der Waals surface area contributed by atoms with Gasteiger partial charge in [-0.2, -0.15) is 0 Å². The van der Waals surface area contributed by atoms with E-state index in [-0.39, 0.29) is 36.1 Å². The minimum atomic E-state index is -0.218. The Balaban J connectivity index is 0.00000385. The van der Waals surface area contributed by atoms with Crippen LogP contribution >= 0.6 is 24.0 Å². The van der Waals surface area contributed by atoms with Crippen molar-refractivity contribution < 1.29 is 9.53 Å². The van der Waals surface area contributed by atoms with Gasteiger partial charge in [-0.25, -0.2) is 4.79 Å². The molecule has 2 aliphatic heterocycles. The number of carbonyl (C=O) groups excluding carboxylic acids is 1. The van der Waals surface area contributed by atoms with Crippen LogP contribution in [0, 0.1) is 6.92 Å². The number of likely N-dealkylation sites (tertiary alicyclic amines) is 1. The van der Waals surface area contributed by atoms with Crippen molar-refractivity contribution in [1.29, 1.82) is 0 Å². The Bertz CT molecular complexity index is 746. The molecule has 2 fully saturated rings. The summed E-state index contributed by atoms with van der Waals surface area (Å²) in [6.07, 6.45) is 3.69. The van der Waals surface area contributed by atoms with Crippen LogP contribution in [-0.2, 0) is 4.74 Å². The van der Waals surface area contributed by atoms with Crippen LogP contribution < -0.4 is 16.0 Å². The number of nitrogens with zero attached hydrogens (tertiary/aromatic N) is 4. The van der Waals surface area contributed by atoms with Crippen LogP contribution in [0.5, 0.6) is 0 Å². The van der Waals surface area contributed by atoms with E-state index < -0.39 is 0 Å². The smallest absolute Gasteiger partial charge is 0.409 e. The summed E-state index contributed by atoms with van der Waals surface area (Å²) in [5, 5.41) is 3.31. The lowest BCUT2D eigenvalue weighted by molar-refractivity contribution is 0.0963. The third-order valence-corrected chi connectivity index (χ3v) is 6.28. The molecule has 1 aromatic rings. The molecule has 3 rings (SSSR count). The summed E-state index contributed by atoms with van der Waals surface area (Å²) in [4.78, 5) is 23.1. The lowest BCUT2D eigenvalue weighted by Gasteiger charge is -2.36. The van der Waals surface area contributed by atoms with Crippen molar-refractivity contribution in [2.24, 2.45) is 10.7 Å². The van der Waals surface area contributed by atoms with Gasteiger partial charge in [-0.15, -0.1) is 24.0 Å². The number of halogens is 1. The van der Waals surface area contributed by atoms with Crippen molar-refractivity contribution in [3.05, 3.63) is 29.8 Å². The molecule has 0 unspecified atom stereocenters. The van der Waals surface area contributed by atoms with E-state index in [4.69, 9.17) is 10.5 Å². The van der Waals surface area contributed by atoms with Crippen molar-refractivity contribution in [1.82, 2.24) is 15.1 Å². The molecule has 0 spiro atoms. The number of hydrogen-bond donors (Lipinski definition) is 2. The number of anilines is 1. The fourth-order valence-electron chi connectivity index (χ4n) is 4.38. The highest BCUT2D eigenvalue weighted by Crippen LogP contribution is 2.18. The van der Waals surface area contributed by atoms with Gasteiger partial charge in [0, 0.05) is 57.5 Å². The van der Waals surface area contributed by atoms with Gasteiger partial charge in [0.25, 0.3) is 0 Å². The molecule has 9 heteroatoms. The number of amides is 1. The Morgan fingerprint density at radius 2 is 1.88 bits per heavy atom. The van der Waals surface area contributed by atoms with Gasteiger partial charge < -0.3 is 25.6 Å². The molecule has 2 heterocycles. The molecular formula is C24H41IN6O2. The van der Waals surface area contributed by atoms with Gasteiger partial charge >= 0.3 is 6.09 Å². The lowest BCUT2D eigenvalue weighted by Crippen LogP contribution is -2.48. The van der Waals surface area contributed by atoms with Crippen LogP contribution in [-0.4, -0.2) is 86.9 Å². The topological polar surface area (TPSA) is 86.4 Å². The number of piperidine rings is 1. The number of aliphatic imine (C=N–C) groups is 1. The van der Waals surface area contributed by atoms with Gasteiger partial charge in [-0.1, -0.05) is 12.1 Å². The Morgan fingerprint density at radius 1 is 1.15 bits per heavy atom. The number of hydrogen-bond acceptors (Lipinski definition) is 5. The third-order valence-electron chi connectivity index (χ3n) is 6.28. The van der Waals surface area contributed by atoms with Crippen LogP contribution in [0.25, 0.3) is 0 Å². The van der Waals surface area contributed by atoms with Crippen LogP contribution in [0.2, 0.25) is 0 Å². The normalized spacial score (nSPS) is 18.1. The van der Waals surface area contributed by atoms with Crippen LogP contribution in [0.4, 0.5) is 10.5 Å². The zero-order valence-electron chi connectivity index (χ0n) is 20.2. The van der Waals surface area contributed by atoms with E-state index in [0.717, 1.165) is 65.0 Å². The van der Waals surface area contributed by atoms with E-state index in [0.29, 0.717) is 25.7 Å². The summed E-state index contributed by atoms with van der Waals surface area (Å²) >= 11 is 0. The van der Waals surface area contributed by atoms with Crippen molar-refractivity contribution in [3.63, 3.8) is 0 Å². The predicted octanol–water partition coefficient (Wildman–Crippen LogP) is 3.04. The van der Waals surface area contributed by atoms with Crippen molar-refractivity contribution in [2.45, 2.75) is 45.6 Å². The monoisotopic (exact) mass is 572 g/mol. The van der Waals surface area contributed by atoms with E-state index in [1.54, 1.807) is 4.90 Å². The van der Waals surface area contributed by atoms with Crippen LogP contribution in [0.15, 0.2) is 29.3 Å². The Labute approximate surface area is 215 Å². The average Bonchev–Trinajstić information content (AvgIpc) is 2.80. The molecule has 0 saturated carbocycles. The SMILES string of the molecule is CCOC(=O)N1CCC(NC(N)=NCCCCN2CCN(c3cccc(C)c3)CC2)CC1.I. The molecule has 2 aliphatic rings. The quantitative estimate of drug-likeness (QED) is 0.216. The molecule has 8 nitrogen and oxygen atoms in total. The first kappa shape index (κ1) is 27.5. The number of carbonyl (C=O) groups is 1. The molecule has 0 bridgehead atoms. The number of guanidine groups is 1. The molecule has 1 amide bonds. The zero-order valence-corrected chi connectivity index (χ0v) is 22.5. The molecule has 1 aromatic carbocycles. The summed E-state index contributed by atoms with van der Waals surface area (Å²) in [5.41, 5.74) is 8.73. The molecule has 3 N–H and O–H groups in total. The van der Waals surface area contributed by atoms with Crippen LogP contribution in [0.1, 0.15) is 38.2 Å². The molecular weight excluding hydrogens is 531 g/mol. The Kier molecular flexibility index (Phi) is 12.1. The number of rotatable bonds is 8. The van der Waals surface area contributed by atoms with Gasteiger partial charge in [0.2, 0.25) is 0 Å². The fourth-order valence-corrected chi connectivity index (χ4v) is 4.38. The molecule has 2 saturated heterocycles. The largest absolute Gasteiger partial charge is 0.450 e. The third kappa shape index (κ3) is 9.19. The highest BCUT2D eigenvalue weighted by Gasteiger charge is 2.23. The number of nitrogens with one attached hydrogen (secondary N) is 1. The first-order valence-electron chi connectivity index (χ1n) is 12.1. The summed E-state index contributed by atoms with van der Waals surface area (Å²) in [6, 6.07) is 9.05. The average molecular weight is 573 g/mol. The number of benzene rings is 1. The highest BCUT2D eigenvalue weighted by atomic mass is 127. The molecule has 0 radical (unpaired) electrons. The maximum Gasteiger partial charge on any atom is 0.409 e. The lowest BCUT2D eigenvalue weighted by atomic mass is 10.1. The van der Waals surface area contributed by atoms with Crippen molar-refractivity contribution >= 4 is 41.7 Å². The molecule has 186 valence electrons. The van der Waals surface area contributed by atoms with Crippen molar-refractivity contribution in [2.75, 3.05) is 63.9 Å². The second-order valence-electron chi connectivity index (χ2n) is 8.75. The first-order valence-corrected chi connectivity index (χ1v) is 12.1. The summed E-state index contributed by atoms with van der Waals surface area (Å²) in [5.74, 6) is 0.520. The Hall–Kier alpha value is -1.75. The van der Waals surface area contributed by atoms with E-state index >= 15 is 0 Å². The van der Waals surface area contributed by atoms with Crippen LogP contribution in [0.3, 0.4) is 0 Å². The number of aryl methyl sites for hydroxylation is 1. The van der Waals surface area contributed by atoms with Gasteiger partial charge in [0.15, 0.2) is 5.96 Å². The maximum absolute atomic E-state index is 11.8. The second kappa shape index (κ2) is 14.5. The van der Waals surface area contributed by atoms with E-state index in [9.17, 15) is 4.79 Å². The second-order valence-corrected chi connectivity index (χ2v) is 8.75. The van der Waals surface area contributed by atoms with Gasteiger partial charge in [0.1, 0.15) is 0 Å². The highest BCUT2D eigenvalue weighted by molar-refractivity contribution is 14.0. The molecule has 0 aliphatic carbocycles. The first-order chi connectivity index (χ1) is 15.5. The maximum atomic E-state index is 11.8. The van der Waals surface area contributed by atoms with E-state index in [1.165, 1.54) is 11.3 Å². The summed E-state index contributed by atoms with van der Waals surface area (Å²) in [7, 11) is 0. The van der Waals surface area contributed by atoms with E-state index in [1.807, 2.05) is 6.92 Å². The summed E-state index contributed by atoms with van der Waals surface area (Å²) in [6.45, 7) is 12.1. The zero-order chi connectivity index (χ0) is 22.8.